The van der Waals surface area contributed by atoms with Crippen molar-refractivity contribution in [1.82, 2.24) is 9.78 Å². The van der Waals surface area contributed by atoms with Gasteiger partial charge in [0.1, 0.15) is 0 Å². The van der Waals surface area contributed by atoms with Crippen molar-refractivity contribution in [3.8, 4) is 0 Å². The highest BCUT2D eigenvalue weighted by molar-refractivity contribution is 6.31. The third kappa shape index (κ3) is 2.64. The molecule has 2 unspecified atom stereocenters. The number of aryl methyl sites for hydroxylation is 1. The maximum absolute atomic E-state index is 6.30. The summed E-state index contributed by atoms with van der Waals surface area (Å²) in [6.45, 7) is 2.95. The van der Waals surface area contributed by atoms with Crippen molar-refractivity contribution >= 4 is 11.6 Å². The molecular weight excluding hydrogens is 238 g/mol. The topological polar surface area (TPSA) is 53.1 Å². The fraction of sp³-hybridized carbons (Fsp3) is 0.750. The normalized spacial score (nSPS) is 19.3. The fourth-order valence-electron chi connectivity index (χ4n) is 2.31. The molecule has 5 heteroatoms. The Morgan fingerprint density at radius 1 is 1.65 bits per heavy atom. The van der Waals surface area contributed by atoms with Crippen LogP contribution in [0.1, 0.15) is 37.9 Å². The summed E-state index contributed by atoms with van der Waals surface area (Å²) in [6, 6.07) is -0.186. The molecule has 0 spiro atoms. The van der Waals surface area contributed by atoms with Gasteiger partial charge in [-0.25, -0.2) is 0 Å². The zero-order valence-corrected chi connectivity index (χ0v) is 11.2. The minimum Gasteiger partial charge on any atom is -0.379 e. The molecule has 17 heavy (non-hydrogen) atoms. The smallest absolute Gasteiger partial charge is 0.0835 e. The van der Waals surface area contributed by atoms with Gasteiger partial charge in [0.15, 0.2) is 0 Å². The second-order valence-electron chi connectivity index (χ2n) is 4.66. The van der Waals surface area contributed by atoms with E-state index in [1.54, 1.807) is 13.3 Å². The zero-order valence-electron chi connectivity index (χ0n) is 10.4. The van der Waals surface area contributed by atoms with Gasteiger partial charge in [0.25, 0.3) is 0 Å². The third-order valence-corrected chi connectivity index (χ3v) is 3.59. The van der Waals surface area contributed by atoms with Gasteiger partial charge >= 0.3 is 0 Å². The first-order chi connectivity index (χ1) is 8.19. The van der Waals surface area contributed by atoms with E-state index in [-0.39, 0.29) is 12.1 Å². The summed E-state index contributed by atoms with van der Waals surface area (Å²) in [7, 11) is 1.72. The van der Waals surface area contributed by atoms with Gasteiger partial charge in [0, 0.05) is 13.7 Å². The van der Waals surface area contributed by atoms with Gasteiger partial charge in [0.2, 0.25) is 0 Å². The van der Waals surface area contributed by atoms with E-state index in [2.05, 4.69) is 12.0 Å². The van der Waals surface area contributed by atoms with Crippen LogP contribution in [0.3, 0.4) is 0 Å². The molecule has 1 aromatic heterocycles. The lowest BCUT2D eigenvalue weighted by Gasteiger charge is -2.23. The van der Waals surface area contributed by atoms with Gasteiger partial charge in [-0.3, -0.25) is 4.68 Å². The summed E-state index contributed by atoms with van der Waals surface area (Å²) in [5.41, 5.74) is 7.21. The van der Waals surface area contributed by atoms with Crippen molar-refractivity contribution in [1.29, 1.82) is 0 Å². The molecule has 0 aromatic carbocycles. The van der Waals surface area contributed by atoms with Crippen molar-refractivity contribution < 1.29 is 4.74 Å². The van der Waals surface area contributed by atoms with Crippen LogP contribution in [0.4, 0.5) is 0 Å². The highest BCUT2D eigenvalue weighted by Crippen LogP contribution is 2.40. The van der Waals surface area contributed by atoms with Gasteiger partial charge in [0.05, 0.1) is 29.1 Å². The summed E-state index contributed by atoms with van der Waals surface area (Å²) < 4.78 is 7.43. The van der Waals surface area contributed by atoms with Crippen molar-refractivity contribution in [3.05, 3.63) is 16.9 Å². The van der Waals surface area contributed by atoms with E-state index in [4.69, 9.17) is 22.1 Å². The van der Waals surface area contributed by atoms with E-state index in [1.165, 1.54) is 12.8 Å². The molecule has 1 aliphatic carbocycles. The molecule has 0 bridgehead atoms. The summed E-state index contributed by atoms with van der Waals surface area (Å²) in [6.07, 6.45) is 5.14. The van der Waals surface area contributed by atoms with Gasteiger partial charge in [-0.1, -0.05) is 18.5 Å². The number of rotatable bonds is 6. The molecular formula is C12H20ClN3O. The Labute approximate surface area is 107 Å². The molecule has 4 nitrogen and oxygen atoms in total. The van der Waals surface area contributed by atoms with Crippen LogP contribution < -0.4 is 5.73 Å². The first-order valence-corrected chi connectivity index (χ1v) is 6.56. The lowest BCUT2D eigenvalue weighted by molar-refractivity contribution is 0.0599. The highest BCUT2D eigenvalue weighted by Gasteiger charge is 2.37. The molecule has 0 amide bonds. The van der Waals surface area contributed by atoms with Crippen LogP contribution >= 0.6 is 11.6 Å². The molecule has 1 fully saturated rings. The molecule has 2 atom stereocenters. The SMILES string of the molecule is CCCn1ncc(Cl)c1C(N)C(OC)C1CC1. The Morgan fingerprint density at radius 2 is 2.35 bits per heavy atom. The molecule has 1 aliphatic rings. The van der Waals surface area contributed by atoms with Crippen LogP contribution in [0, 0.1) is 5.92 Å². The quantitative estimate of drug-likeness (QED) is 0.851. The Kier molecular flexibility index (Phi) is 4.07. The van der Waals surface area contributed by atoms with Crippen LogP contribution in [0.5, 0.6) is 0 Å². The highest BCUT2D eigenvalue weighted by atomic mass is 35.5. The van der Waals surface area contributed by atoms with Gasteiger partial charge < -0.3 is 10.5 Å². The van der Waals surface area contributed by atoms with Crippen LogP contribution in [-0.4, -0.2) is 23.0 Å². The molecule has 1 saturated carbocycles. The largest absolute Gasteiger partial charge is 0.379 e. The standard InChI is InChI=1S/C12H20ClN3O/c1-3-6-16-11(9(13)7-15-16)10(14)12(17-2)8-4-5-8/h7-8,10,12H,3-6,14H2,1-2H3. The summed E-state index contributed by atoms with van der Waals surface area (Å²) in [4.78, 5) is 0. The molecule has 96 valence electrons. The van der Waals surface area contributed by atoms with E-state index in [1.807, 2.05) is 4.68 Å². The average Bonchev–Trinajstić information content (AvgIpc) is 3.06. The Balaban J connectivity index is 2.21. The molecule has 0 radical (unpaired) electrons. The van der Waals surface area contributed by atoms with E-state index in [9.17, 15) is 0 Å². The molecule has 0 aliphatic heterocycles. The van der Waals surface area contributed by atoms with Crippen molar-refractivity contribution in [2.45, 2.75) is 44.9 Å². The zero-order chi connectivity index (χ0) is 12.4. The maximum Gasteiger partial charge on any atom is 0.0835 e. The lowest BCUT2D eigenvalue weighted by Crippen LogP contribution is -2.32. The number of ether oxygens (including phenoxy) is 1. The summed E-state index contributed by atoms with van der Waals surface area (Å²) >= 11 is 6.18. The van der Waals surface area contributed by atoms with Crippen LogP contribution in [-0.2, 0) is 11.3 Å². The number of nitrogens with zero attached hydrogens (tertiary/aromatic N) is 2. The monoisotopic (exact) mass is 257 g/mol. The lowest BCUT2D eigenvalue weighted by atomic mass is 10.0. The first kappa shape index (κ1) is 12.9. The Morgan fingerprint density at radius 3 is 2.88 bits per heavy atom. The average molecular weight is 258 g/mol. The van der Waals surface area contributed by atoms with Crippen molar-refractivity contribution in [2.24, 2.45) is 11.7 Å². The number of hydrogen-bond acceptors (Lipinski definition) is 3. The van der Waals surface area contributed by atoms with Crippen molar-refractivity contribution in [2.75, 3.05) is 7.11 Å². The van der Waals surface area contributed by atoms with Gasteiger partial charge in [-0.15, -0.1) is 0 Å². The predicted molar refractivity (Wildman–Crippen MR) is 68.0 cm³/mol. The number of hydrogen-bond donors (Lipinski definition) is 1. The minimum absolute atomic E-state index is 0.0554. The van der Waals surface area contributed by atoms with E-state index in [0.717, 1.165) is 18.7 Å². The maximum atomic E-state index is 6.30. The second-order valence-corrected chi connectivity index (χ2v) is 5.07. The number of nitrogens with two attached hydrogens (primary N) is 1. The second kappa shape index (κ2) is 5.38. The van der Waals surface area contributed by atoms with Crippen LogP contribution in [0.15, 0.2) is 6.20 Å². The van der Waals surface area contributed by atoms with Gasteiger partial charge in [-0.05, 0) is 25.2 Å². The fourth-order valence-corrected chi connectivity index (χ4v) is 2.57. The number of aromatic nitrogens is 2. The van der Waals surface area contributed by atoms with E-state index >= 15 is 0 Å². The molecule has 1 heterocycles. The minimum atomic E-state index is -0.186. The Bertz CT molecular complexity index is 376. The van der Waals surface area contributed by atoms with Crippen LogP contribution in [0.2, 0.25) is 5.02 Å². The summed E-state index contributed by atoms with van der Waals surface area (Å²) in [5.74, 6) is 0.580. The van der Waals surface area contributed by atoms with E-state index < -0.39 is 0 Å². The molecule has 0 saturated heterocycles. The molecule has 2 N–H and O–H groups in total. The number of halogens is 1. The first-order valence-electron chi connectivity index (χ1n) is 6.18. The summed E-state index contributed by atoms with van der Waals surface area (Å²) in [5, 5.41) is 4.92. The third-order valence-electron chi connectivity index (χ3n) is 3.30. The van der Waals surface area contributed by atoms with Gasteiger partial charge in [-0.2, -0.15) is 5.10 Å². The predicted octanol–water partition coefficient (Wildman–Crippen LogP) is 2.37. The van der Waals surface area contributed by atoms with E-state index in [0.29, 0.717) is 10.9 Å². The Hall–Kier alpha value is -0.580. The number of methoxy groups -OCH3 is 1. The molecule has 1 aromatic rings. The molecule has 2 rings (SSSR count). The van der Waals surface area contributed by atoms with Crippen molar-refractivity contribution in [3.63, 3.8) is 0 Å². The van der Waals surface area contributed by atoms with Crippen LogP contribution in [0.25, 0.3) is 0 Å².